The molecule has 66 valence electrons. The molecule has 1 aliphatic heterocycles. The molecule has 0 aromatic heterocycles. The lowest BCUT2D eigenvalue weighted by Gasteiger charge is -2.14. The van der Waals surface area contributed by atoms with Crippen molar-refractivity contribution < 1.29 is 4.79 Å². The van der Waals surface area contributed by atoms with Crippen molar-refractivity contribution in [3.8, 4) is 12.3 Å². The lowest BCUT2D eigenvalue weighted by Crippen LogP contribution is -2.36. The topological polar surface area (TPSA) is 32.3 Å². The fourth-order valence-electron chi connectivity index (χ4n) is 1.43. The minimum absolute atomic E-state index is 0.0165. The van der Waals surface area contributed by atoms with E-state index in [-0.39, 0.29) is 11.9 Å². The molecule has 0 aliphatic carbocycles. The summed E-state index contributed by atoms with van der Waals surface area (Å²) in [6.07, 6.45) is 6.67. The number of likely N-dealkylation sites (tertiary alicyclic amines) is 1. The molecule has 12 heavy (non-hydrogen) atoms. The molecule has 1 fully saturated rings. The van der Waals surface area contributed by atoms with E-state index in [0.717, 1.165) is 13.0 Å². The number of likely N-dealkylation sites (N-methyl/N-ethyl adjacent to an activating group) is 1. The van der Waals surface area contributed by atoms with Gasteiger partial charge in [0.1, 0.15) is 0 Å². The van der Waals surface area contributed by atoms with Crippen molar-refractivity contribution in [2.24, 2.45) is 0 Å². The average molecular weight is 166 g/mol. The van der Waals surface area contributed by atoms with Gasteiger partial charge in [0.25, 0.3) is 0 Å². The zero-order chi connectivity index (χ0) is 8.97. The lowest BCUT2D eigenvalue weighted by molar-refractivity contribution is -0.129. The zero-order valence-corrected chi connectivity index (χ0v) is 7.34. The van der Waals surface area contributed by atoms with Crippen LogP contribution in [0.25, 0.3) is 0 Å². The summed E-state index contributed by atoms with van der Waals surface area (Å²) in [6, 6.07) is 0.0165. The molecular weight excluding hydrogens is 152 g/mol. The first-order chi connectivity index (χ1) is 5.79. The van der Waals surface area contributed by atoms with Crippen LogP contribution in [-0.4, -0.2) is 37.0 Å². The van der Waals surface area contributed by atoms with E-state index in [4.69, 9.17) is 6.42 Å². The Kier molecular flexibility index (Phi) is 3.12. The lowest BCUT2D eigenvalue weighted by atomic mass is 10.3. The first kappa shape index (κ1) is 9.08. The van der Waals surface area contributed by atoms with Crippen molar-refractivity contribution >= 4 is 5.91 Å². The first-order valence-corrected chi connectivity index (χ1v) is 4.19. The van der Waals surface area contributed by atoms with Crippen LogP contribution in [0.15, 0.2) is 0 Å². The van der Waals surface area contributed by atoms with E-state index in [1.165, 1.54) is 0 Å². The van der Waals surface area contributed by atoms with Gasteiger partial charge >= 0.3 is 0 Å². The van der Waals surface area contributed by atoms with Gasteiger partial charge in [-0.25, -0.2) is 0 Å². The van der Waals surface area contributed by atoms with Crippen LogP contribution in [0.3, 0.4) is 0 Å². The number of carbonyl (C=O) groups excluding carboxylic acids is 1. The third kappa shape index (κ3) is 1.77. The van der Waals surface area contributed by atoms with Crippen LogP contribution in [0, 0.1) is 12.3 Å². The molecule has 1 saturated heterocycles. The number of hydrogen-bond acceptors (Lipinski definition) is 2. The fourth-order valence-corrected chi connectivity index (χ4v) is 1.43. The van der Waals surface area contributed by atoms with Gasteiger partial charge in [0.2, 0.25) is 5.91 Å². The quantitative estimate of drug-likeness (QED) is 0.590. The highest BCUT2D eigenvalue weighted by Gasteiger charge is 2.29. The van der Waals surface area contributed by atoms with Crippen LogP contribution in [0.5, 0.6) is 0 Å². The summed E-state index contributed by atoms with van der Waals surface area (Å²) in [7, 11) is 1.81. The smallest absolute Gasteiger partial charge is 0.239 e. The molecule has 0 aromatic rings. The molecule has 1 aliphatic rings. The molecule has 1 atom stereocenters. The molecule has 0 radical (unpaired) electrons. The van der Waals surface area contributed by atoms with E-state index in [9.17, 15) is 4.79 Å². The first-order valence-electron chi connectivity index (χ1n) is 4.19. The van der Waals surface area contributed by atoms with Gasteiger partial charge in [0.15, 0.2) is 0 Å². The second-order valence-electron chi connectivity index (χ2n) is 2.91. The number of carbonyl (C=O) groups is 1. The Morgan fingerprint density at radius 3 is 3.08 bits per heavy atom. The summed E-state index contributed by atoms with van der Waals surface area (Å²) in [5.74, 6) is 2.72. The van der Waals surface area contributed by atoms with Crippen molar-refractivity contribution in [2.45, 2.75) is 18.9 Å². The van der Waals surface area contributed by atoms with Gasteiger partial charge in [0, 0.05) is 19.5 Å². The Morgan fingerprint density at radius 1 is 1.83 bits per heavy atom. The van der Waals surface area contributed by atoms with Gasteiger partial charge in [0.05, 0.1) is 6.04 Å². The number of amides is 1. The third-order valence-electron chi connectivity index (χ3n) is 2.17. The summed E-state index contributed by atoms with van der Waals surface area (Å²) in [4.78, 5) is 13.3. The maximum Gasteiger partial charge on any atom is 0.239 e. The number of rotatable bonds is 3. The van der Waals surface area contributed by atoms with Crippen molar-refractivity contribution in [3.63, 3.8) is 0 Å². The molecule has 1 rings (SSSR count). The molecule has 0 aromatic carbocycles. The molecule has 3 nitrogen and oxygen atoms in total. The van der Waals surface area contributed by atoms with Crippen LogP contribution >= 0.6 is 0 Å². The van der Waals surface area contributed by atoms with E-state index < -0.39 is 0 Å². The van der Waals surface area contributed by atoms with Crippen LogP contribution < -0.4 is 5.32 Å². The molecular formula is C9H14N2O. The minimum atomic E-state index is 0.0165. The van der Waals surface area contributed by atoms with E-state index in [0.29, 0.717) is 13.0 Å². The molecule has 1 unspecified atom stereocenters. The number of nitrogens with zero attached hydrogens (tertiary/aromatic N) is 1. The summed E-state index contributed by atoms with van der Waals surface area (Å²) in [5.41, 5.74) is 0. The van der Waals surface area contributed by atoms with E-state index >= 15 is 0 Å². The van der Waals surface area contributed by atoms with Gasteiger partial charge in [-0.2, -0.15) is 0 Å². The summed E-state index contributed by atoms with van der Waals surface area (Å²) < 4.78 is 0. The normalized spacial score (nSPS) is 22.8. The zero-order valence-electron chi connectivity index (χ0n) is 7.34. The summed E-state index contributed by atoms with van der Waals surface area (Å²) in [6.45, 7) is 1.54. The molecule has 1 heterocycles. The van der Waals surface area contributed by atoms with Crippen molar-refractivity contribution in [3.05, 3.63) is 0 Å². The maximum atomic E-state index is 11.4. The second kappa shape index (κ2) is 4.13. The molecule has 0 spiro atoms. The highest BCUT2D eigenvalue weighted by atomic mass is 16.2. The predicted molar refractivity (Wildman–Crippen MR) is 47.5 cm³/mol. The Labute approximate surface area is 73.1 Å². The number of hydrogen-bond donors (Lipinski definition) is 1. The van der Waals surface area contributed by atoms with E-state index in [1.54, 1.807) is 0 Å². The maximum absolute atomic E-state index is 11.4. The van der Waals surface area contributed by atoms with E-state index in [2.05, 4.69) is 11.2 Å². The molecule has 1 amide bonds. The van der Waals surface area contributed by atoms with Crippen molar-refractivity contribution in [1.29, 1.82) is 0 Å². The Hall–Kier alpha value is -1.01. The average Bonchev–Trinajstić information content (AvgIpc) is 2.43. The molecule has 3 heteroatoms. The second-order valence-corrected chi connectivity index (χ2v) is 2.91. The fraction of sp³-hybridized carbons (Fsp3) is 0.667. The standard InChI is InChI=1S/C9H14N2O/c1-3-4-6-11-7-5-8(10-2)9(11)12/h1,8,10H,4-7H2,2H3. The minimum Gasteiger partial charge on any atom is -0.340 e. The highest BCUT2D eigenvalue weighted by Crippen LogP contribution is 2.10. The van der Waals surface area contributed by atoms with Gasteiger partial charge in [-0.1, -0.05) is 0 Å². The Balaban J connectivity index is 2.39. The Morgan fingerprint density at radius 2 is 2.58 bits per heavy atom. The predicted octanol–water partition coefficient (Wildman–Crippen LogP) is -0.170. The van der Waals surface area contributed by atoms with Crippen LogP contribution in [-0.2, 0) is 4.79 Å². The van der Waals surface area contributed by atoms with Crippen molar-refractivity contribution in [1.82, 2.24) is 10.2 Å². The summed E-state index contributed by atoms with van der Waals surface area (Å²) >= 11 is 0. The van der Waals surface area contributed by atoms with Crippen LogP contribution in [0.1, 0.15) is 12.8 Å². The Bertz CT molecular complexity index is 207. The third-order valence-corrected chi connectivity index (χ3v) is 2.17. The molecule has 0 saturated carbocycles. The van der Waals surface area contributed by atoms with Gasteiger partial charge in [-0.15, -0.1) is 12.3 Å². The van der Waals surface area contributed by atoms with Gasteiger partial charge < -0.3 is 10.2 Å². The van der Waals surface area contributed by atoms with Gasteiger partial charge in [-0.3, -0.25) is 4.79 Å². The number of terminal acetylenes is 1. The molecule has 1 N–H and O–H groups in total. The summed E-state index contributed by atoms with van der Waals surface area (Å²) in [5, 5.41) is 2.98. The number of nitrogens with one attached hydrogen (secondary N) is 1. The molecule has 0 bridgehead atoms. The SMILES string of the molecule is C#CCCN1CCC(NC)C1=O. The van der Waals surface area contributed by atoms with E-state index in [1.807, 2.05) is 11.9 Å². The van der Waals surface area contributed by atoms with Crippen molar-refractivity contribution in [2.75, 3.05) is 20.1 Å². The van der Waals surface area contributed by atoms with Crippen LogP contribution in [0.4, 0.5) is 0 Å². The van der Waals surface area contributed by atoms with Gasteiger partial charge in [-0.05, 0) is 13.5 Å². The monoisotopic (exact) mass is 166 g/mol. The van der Waals surface area contributed by atoms with Crippen LogP contribution in [0.2, 0.25) is 0 Å². The largest absolute Gasteiger partial charge is 0.340 e. The highest BCUT2D eigenvalue weighted by molar-refractivity contribution is 5.83.